The quantitative estimate of drug-likeness (QED) is 0.817. The molecule has 1 aromatic carbocycles. The van der Waals surface area contributed by atoms with Crippen LogP contribution < -0.4 is 14.8 Å². The Morgan fingerprint density at radius 3 is 2.28 bits per heavy atom. The van der Waals surface area contributed by atoms with Crippen molar-refractivity contribution in [3.05, 3.63) is 23.3 Å². The summed E-state index contributed by atoms with van der Waals surface area (Å²) < 4.78 is 10.8. The first-order valence-electron chi connectivity index (χ1n) is 10.7. The summed E-state index contributed by atoms with van der Waals surface area (Å²) in [6, 6.07) is 4.04. The number of methoxy groups -OCH3 is 2. The molecule has 0 aliphatic carbocycles. The van der Waals surface area contributed by atoms with Crippen LogP contribution in [0.25, 0.3) is 0 Å². The number of urea groups is 1. The number of carbonyl (C=O) groups is 1. The lowest BCUT2D eigenvalue weighted by atomic mass is 9.88. The molecule has 1 fully saturated rings. The highest BCUT2D eigenvalue weighted by atomic mass is 16.5. The summed E-state index contributed by atoms with van der Waals surface area (Å²) in [5, 5.41) is 3.19. The fraction of sp³-hybridized carbons (Fsp3) is 0.696. The van der Waals surface area contributed by atoms with Crippen molar-refractivity contribution in [2.75, 3.05) is 40.4 Å². The second-order valence-electron chi connectivity index (χ2n) is 9.47. The van der Waals surface area contributed by atoms with Gasteiger partial charge < -0.3 is 19.7 Å². The maximum atomic E-state index is 12.9. The lowest BCUT2D eigenvalue weighted by molar-refractivity contribution is 0.0462. The monoisotopic (exact) mass is 403 g/mol. The molecule has 6 heteroatoms. The standard InChI is InChI=1S/C23H37N3O3/c1-16-9-17(2)13-26(12-16)23(3,4)15-24-22(27)25-8-7-18-10-20(28-5)21(29-6)11-19(18)14-25/h10-11,16-17H,7-9,12-15H2,1-6H3,(H,24,27). The fourth-order valence-corrected chi connectivity index (χ4v) is 4.73. The molecule has 1 N–H and O–H groups in total. The van der Waals surface area contributed by atoms with Gasteiger partial charge in [0.05, 0.1) is 14.2 Å². The molecule has 2 aliphatic rings. The van der Waals surface area contributed by atoms with Crippen LogP contribution in [-0.4, -0.2) is 61.8 Å². The van der Waals surface area contributed by atoms with Crippen molar-refractivity contribution in [1.82, 2.24) is 15.1 Å². The van der Waals surface area contributed by atoms with Gasteiger partial charge in [0.2, 0.25) is 0 Å². The maximum absolute atomic E-state index is 12.9. The van der Waals surface area contributed by atoms with E-state index in [0.717, 1.165) is 30.8 Å². The molecule has 162 valence electrons. The number of piperidine rings is 1. The van der Waals surface area contributed by atoms with Gasteiger partial charge in [0.15, 0.2) is 11.5 Å². The lowest BCUT2D eigenvalue weighted by Gasteiger charge is -2.45. The average molecular weight is 404 g/mol. The predicted octanol–water partition coefficient (Wildman–Crippen LogP) is 3.53. The minimum Gasteiger partial charge on any atom is -0.493 e. The summed E-state index contributed by atoms with van der Waals surface area (Å²) in [6.45, 7) is 13.3. The van der Waals surface area contributed by atoms with E-state index in [9.17, 15) is 4.79 Å². The van der Waals surface area contributed by atoms with E-state index >= 15 is 0 Å². The van der Waals surface area contributed by atoms with Crippen LogP contribution in [0.5, 0.6) is 11.5 Å². The molecule has 2 unspecified atom stereocenters. The molecular weight excluding hydrogens is 366 g/mol. The Kier molecular flexibility index (Phi) is 6.62. The SMILES string of the molecule is COc1cc2c(cc1OC)CN(C(=O)NCC(C)(C)N1CC(C)CC(C)C1)CC2. The van der Waals surface area contributed by atoms with Crippen molar-refractivity contribution in [3.8, 4) is 11.5 Å². The van der Waals surface area contributed by atoms with Crippen molar-refractivity contribution in [2.24, 2.45) is 11.8 Å². The molecule has 2 heterocycles. The average Bonchev–Trinajstić information content (AvgIpc) is 2.69. The summed E-state index contributed by atoms with van der Waals surface area (Å²) in [5.74, 6) is 2.87. The molecule has 0 saturated carbocycles. The number of hydrogen-bond donors (Lipinski definition) is 1. The van der Waals surface area contributed by atoms with Crippen molar-refractivity contribution in [2.45, 2.75) is 52.6 Å². The zero-order valence-electron chi connectivity index (χ0n) is 18.9. The first kappa shape index (κ1) is 21.8. The molecule has 3 rings (SSSR count). The van der Waals surface area contributed by atoms with Crippen LogP contribution in [0, 0.1) is 11.8 Å². The van der Waals surface area contributed by atoms with Crippen molar-refractivity contribution < 1.29 is 14.3 Å². The first-order valence-corrected chi connectivity index (χ1v) is 10.7. The Labute approximate surface area is 175 Å². The third kappa shape index (κ3) is 4.97. The number of nitrogens with zero attached hydrogens (tertiary/aromatic N) is 2. The molecule has 29 heavy (non-hydrogen) atoms. The molecule has 6 nitrogen and oxygen atoms in total. The van der Waals surface area contributed by atoms with Gasteiger partial charge in [0.25, 0.3) is 0 Å². The van der Waals surface area contributed by atoms with E-state index < -0.39 is 0 Å². The normalized spacial score (nSPS) is 22.8. The summed E-state index contributed by atoms with van der Waals surface area (Å²) in [6.07, 6.45) is 2.12. The van der Waals surface area contributed by atoms with Crippen molar-refractivity contribution >= 4 is 6.03 Å². The summed E-state index contributed by atoms with van der Waals surface area (Å²) in [4.78, 5) is 17.3. The van der Waals surface area contributed by atoms with E-state index in [1.54, 1.807) is 14.2 Å². The Balaban J connectivity index is 1.60. The van der Waals surface area contributed by atoms with Gasteiger partial charge in [-0.2, -0.15) is 0 Å². The Morgan fingerprint density at radius 2 is 1.69 bits per heavy atom. The van der Waals surface area contributed by atoms with Crippen LogP contribution in [0.15, 0.2) is 12.1 Å². The molecule has 1 saturated heterocycles. The Hall–Kier alpha value is -1.95. The van der Waals surface area contributed by atoms with Gasteiger partial charge in [-0.15, -0.1) is 0 Å². The minimum absolute atomic E-state index is 0.0108. The van der Waals surface area contributed by atoms with Gasteiger partial charge in [-0.05, 0) is 61.8 Å². The van der Waals surface area contributed by atoms with E-state index in [0.29, 0.717) is 37.2 Å². The van der Waals surface area contributed by atoms with Gasteiger partial charge in [0, 0.05) is 38.3 Å². The van der Waals surface area contributed by atoms with Crippen LogP contribution in [0.2, 0.25) is 0 Å². The number of ether oxygens (including phenoxy) is 2. The second-order valence-corrected chi connectivity index (χ2v) is 9.47. The molecule has 2 aliphatic heterocycles. The zero-order chi connectivity index (χ0) is 21.2. The molecule has 0 spiro atoms. The smallest absolute Gasteiger partial charge is 0.317 e. The number of benzene rings is 1. The van der Waals surface area contributed by atoms with E-state index in [1.807, 2.05) is 17.0 Å². The van der Waals surface area contributed by atoms with Gasteiger partial charge in [-0.3, -0.25) is 4.90 Å². The van der Waals surface area contributed by atoms with Crippen LogP contribution >= 0.6 is 0 Å². The van der Waals surface area contributed by atoms with Crippen LogP contribution in [0.3, 0.4) is 0 Å². The number of hydrogen-bond acceptors (Lipinski definition) is 4. The highest BCUT2D eigenvalue weighted by molar-refractivity contribution is 5.74. The summed E-state index contributed by atoms with van der Waals surface area (Å²) >= 11 is 0. The van der Waals surface area contributed by atoms with E-state index in [4.69, 9.17) is 9.47 Å². The predicted molar refractivity (Wildman–Crippen MR) is 116 cm³/mol. The molecule has 0 aromatic heterocycles. The van der Waals surface area contributed by atoms with Crippen molar-refractivity contribution in [3.63, 3.8) is 0 Å². The van der Waals surface area contributed by atoms with E-state index in [2.05, 4.69) is 37.9 Å². The van der Waals surface area contributed by atoms with E-state index in [-0.39, 0.29) is 11.6 Å². The van der Waals surface area contributed by atoms with Gasteiger partial charge in [-0.25, -0.2) is 4.79 Å². The number of carbonyl (C=O) groups excluding carboxylic acids is 1. The number of fused-ring (bicyclic) bond motifs is 1. The summed E-state index contributed by atoms with van der Waals surface area (Å²) in [7, 11) is 3.29. The number of nitrogens with one attached hydrogen (secondary N) is 1. The molecular formula is C23H37N3O3. The van der Waals surface area contributed by atoms with Gasteiger partial charge in [0.1, 0.15) is 0 Å². The lowest BCUT2D eigenvalue weighted by Crippen LogP contribution is -2.57. The topological polar surface area (TPSA) is 54.0 Å². The molecule has 1 aromatic rings. The third-order valence-corrected chi connectivity index (χ3v) is 6.40. The van der Waals surface area contributed by atoms with Crippen LogP contribution in [0.1, 0.15) is 45.2 Å². The molecule has 0 bridgehead atoms. The van der Waals surface area contributed by atoms with Gasteiger partial charge in [-0.1, -0.05) is 13.8 Å². The zero-order valence-corrected chi connectivity index (χ0v) is 18.9. The number of likely N-dealkylation sites (tertiary alicyclic amines) is 1. The van der Waals surface area contributed by atoms with Crippen LogP contribution in [0.4, 0.5) is 4.79 Å². The van der Waals surface area contributed by atoms with Crippen molar-refractivity contribution in [1.29, 1.82) is 0 Å². The Bertz CT molecular complexity index is 724. The molecule has 2 amide bonds. The highest BCUT2D eigenvalue weighted by Gasteiger charge is 2.33. The third-order valence-electron chi connectivity index (χ3n) is 6.40. The first-order chi connectivity index (χ1) is 13.7. The number of amides is 2. The second kappa shape index (κ2) is 8.82. The molecule has 0 radical (unpaired) electrons. The van der Waals surface area contributed by atoms with Crippen LogP contribution in [-0.2, 0) is 13.0 Å². The fourth-order valence-electron chi connectivity index (χ4n) is 4.73. The Morgan fingerprint density at radius 1 is 1.10 bits per heavy atom. The summed E-state index contributed by atoms with van der Waals surface area (Å²) in [5.41, 5.74) is 2.30. The minimum atomic E-state index is -0.0527. The van der Waals surface area contributed by atoms with Gasteiger partial charge >= 0.3 is 6.03 Å². The van der Waals surface area contributed by atoms with E-state index in [1.165, 1.54) is 12.0 Å². The maximum Gasteiger partial charge on any atom is 0.317 e. The largest absolute Gasteiger partial charge is 0.493 e. The number of rotatable bonds is 5. The highest BCUT2D eigenvalue weighted by Crippen LogP contribution is 2.33. The molecule has 2 atom stereocenters.